The van der Waals surface area contributed by atoms with Crippen LogP contribution >= 0.6 is 11.3 Å². The Bertz CT molecular complexity index is 812. The average molecular weight is 329 g/mol. The fraction of sp³-hybridized carbons (Fsp3) is 0.154. The summed E-state index contributed by atoms with van der Waals surface area (Å²) in [6.07, 6.45) is 0. The molecule has 2 N–H and O–H groups in total. The maximum absolute atomic E-state index is 13.4. The largest absolute Gasteiger partial charge is 0.477 e. The Labute approximate surface area is 125 Å². The lowest BCUT2D eigenvalue weighted by molar-refractivity contribution is 0.0701. The summed E-state index contributed by atoms with van der Waals surface area (Å²) in [6.45, 7) is 3.08. The van der Waals surface area contributed by atoms with Crippen LogP contribution in [0.15, 0.2) is 28.5 Å². The van der Waals surface area contributed by atoms with Crippen LogP contribution in [0.25, 0.3) is 0 Å². The second-order valence-corrected chi connectivity index (χ2v) is 7.41. The summed E-state index contributed by atoms with van der Waals surface area (Å²) < 4.78 is 39.9. The van der Waals surface area contributed by atoms with Crippen LogP contribution in [-0.4, -0.2) is 19.5 Å². The molecule has 0 spiro atoms. The minimum Gasteiger partial charge on any atom is -0.477 e. The molecular formula is C13H12FNO4S2. The number of carboxylic acids is 1. The van der Waals surface area contributed by atoms with E-state index >= 15 is 0 Å². The third-order valence-corrected chi connectivity index (χ3v) is 5.86. The molecular weight excluding hydrogens is 317 g/mol. The zero-order valence-electron chi connectivity index (χ0n) is 11.2. The van der Waals surface area contributed by atoms with Crippen LogP contribution < -0.4 is 4.72 Å². The molecule has 0 aliphatic heterocycles. The van der Waals surface area contributed by atoms with Crippen molar-refractivity contribution in [1.29, 1.82) is 0 Å². The van der Waals surface area contributed by atoms with E-state index in [0.29, 0.717) is 22.5 Å². The molecule has 0 aliphatic rings. The van der Waals surface area contributed by atoms with E-state index in [2.05, 4.69) is 4.72 Å². The van der Waals surface area contributed by atoms with Gasteiger partial charge in [-0.15, -0.1) is 11.3 Å². The molecule has 0 saturated carbocycles. The molecule has 2 aromatic rings. The molecule has 0 saturated heterocycles. The van der Waals surface area contributed by atoms with E-state index in [1.807, 2.05) is 0 Å². The third kappa shape index (κ3) is 3.22. The highest BCUT2D eigenvalue weighted by molar-refractivity contribution is 7.94. The topological polar surface area (TPSA) is 83.5 Å². The lowest BCUT2D eigenvalue weighted by atomic mass is 10.2. The van der Waals surface area contributed by atoms with Gasteiger partial charge in [-0.25, -0.2) is 17.6 Å². The normalized spacial score (nSPS) is 11.4. The second-order valence-electron chi connectivity index (χ2n) is 4.45. The first-order valence-electron chi connectivity index (χ1n) is 5.83. The molecule has 0 unspecified atom stereocenters. The van der Waals surface area contributed by atoms with Gasteiger partial charge in [-0.1, -0.05) is 6.07 Å². The fourth-order valence-corrected chi connectivity index (χ4v) is 4.09. The highest BCUT2D eigenvalue weighted by atomic mass is 32.2. The number of rotatable bonds is 4. The van der Waals surface area contributed by atoms with Crippen molar-refractivity contribution in [3.63, 3.8) is 0 Å². The van der Waals surface area contributed by atoms with Crippen LogP contribution in [0.3, 0.4) is 0 Å². The van der Waals surface area contributed by atoms with Crippen molar-refractivity contribution >= 4 is 33.0 Å². The van der Waals surface area contributed by atoms with E-state index < -0.39 is 21.8 Å². The predicted octanol–water partition coefficient (Wildman–Crippen LogP) is 3.00. The van der Waals surface area contributed by atoms with Crippen LogP contribution in [-0.2, 0) is 10.0 Å². The van der Waals surface area contributed by atoms with E-state index in [4.69, 9.17) is 5.11 Å². The zero-order chi connectivity index (χ0) is 15.8. The predicted molar refractivity (Wildman–Crippen MR) is 78.0 cm³/mol. The zero-order valence-corrected chi connectivity index (χ0v) is 12.8. The van der Waals surface area contributed by atoms with E-state index in [-0.39, 0.29) is 14.8 Å². The molecule has 112 valence electrons. The summed E-state index contributed by atoms with van der Waals surface area (Å²) >= 11 is 0.657. The lowest BCUT2D eigenvalue weighted by Crippen LogP contribution is -2.11. The van der Waals surface area contributed by atoms with Gasteiger partial charge in [0.1, 0.15) is 14.9 Å². The van der Waals surface area contributed by atoms with E-state index in [1.165, 1.54) is 25.1 Å². The molecule has 0 amide bonds. The monoisotopic (exact) mass is 329 g/mol. The Hall–Kier alpha value is -1.93. The molecule has 21 heavy (non-hydrogen) atoms. The first-order chi connectivity index (χ1) is 9.70. The van der Waals surface area contributed by atoms with Gasteiger partial charge in [0.2, 0.25) is 0 Å². The second kappa shape index (κ2) is 5.45. The average Bonchev–Trinajstić information content (AvgIpc) is 2.77. The summed E-state index contributed by atoms with van der Waals surface area (Å²) in [5.74, 6) is -1.70. The number of halogens is 1. The Morgan fingerprint density at radius 2 is 1.90 bits per heavy atom. The Balaban J connectivity index is 2.36. The number of nitrogens with one attached hydrogen (secondary N) is 1. The molecule has 1 aromatic carbocycles. The van der Waals surface area contributed by atoms with Crippen LogP contribution in [0.2, 0.25) is 0 Å². The van der Waals surface area contributed by atoms with Crippen LogP contribution in [0, 0.1) is 19.7 Å². The van der Waals surface area contributed by atoms with Crippen molar-refractivity contribution < 1.29 is 22.7 Å². The van der Waals surface area contributed by atoms with Crippen LogP contribution in [0.4, 0.5) is 10.1 Å². The highest BCUT2D eigenvalue weighted by Crippen LogP contribution is 2.28. The molecule has 2 rings (SSSR count). The van der Waals surface area contributed by atoms with Crippen molar-refractivity contribution in [2.45, 2.75) is 18.1 Å². The Morgan fingerprint density at radius 3 is 2.43 bits per heavy atom. The fourth-order valence-electron chi connectivity index (χ4n) is 1.66. The quantitative estimate of drug-likeness (QED) is 0.903. The van der Waals surface area contributed by atoms with Gasteiger partial charge in [0.15, 0.2) is 0 Å². The number of thiophene rings is 1. The standard InChI is InChI=1S/C13H12FNO4S2/c1-7-3-4-9(6-10(7)14)15-21(18,19)11-5-8(2)12(20-11)13(16)17/h3-6,15H,1-2H3,(H,16,17). The SMILES string of the molecule is Cc1ccc(NS(=O)(=O)c2cc(C)c(C(=O)O)s2)cc1F. The molecule has 1 aromatic heterocycles. The number of carbonyl (C=O) groups is 1. The van der Waals surface area contributed by atoms with Gasteiger partial charge in [-0.2, -0.15) is 0 Å². The first-order valence-corrected chi connectivity index (χ1v) is 8.13. The summed E-state index contributed by atoms with van der Waals surface area (Å²) in [5.41, 5.74) is 0.849. The number of hydrogen-bond acceptors (Lipinski definition) is 4. The molecule has 0 atom stereocenters. The van der Waals surface area contributed by atoms with Gasteiger partial charge < -0.3 is 5.11 Å². The summed E-state index contributed by atoms with van der Waals surface area (Å²) in [4.78, 5) is 10.9. The van der Waals surface area contributed by atoms with Crippen LogP contribution in [0.5, 0.6) is 0 Å². The molecule has 0 bridgehead atoms. The van der Waals surface area contributed by atoms with Gasteiger partial charge in [-0.05, 0) is 43.2 Å². The number of aromatic carboxylic acids is 1. The number of hydrogen-bond donors (Lipinski definition) is 2. The maximum Gasteiger partial charge on any atom is 0.346 e. The van der Waals surface area contributed by atoms with Crippen LogP contribution in [0.1, 0.15) is 20.8 Å². The minimum atomic E-state index is -3.94. The highest BCUT2D eigenvalue weighted by Gasteiger charge is 2.22. The van der Waals surface area contributed by atoms with E-state index in [9.17, 15) is 17.6 Å². The van der Waals surface area contributed by atoms with Crippen molar-refractivity contribution in [2.24, 2.45) is 0 Å². The molecule has 0 radical (unpaired) electrons. The van der Waals surface area contributed by atoms with Gasteiger partial charge >= 0.3 is 5.97 Å². The molecule has 1 heterocycles. The van der Waals surface area contributed by atoms with Gasteiger partial charge in [-0.3, -0.25) is 4.72 Å². The Kier molecular flexibility index (Phi) is 4.02. The number of benzene rings is 1. The molecule has 0 fully saturated rings. The molecule has 5 nitrogen and oxygen atoms in total. The van der Waals surface area contributed by atoms with Gasteiger partial charge in [0, 0.05) is 0 Å². The molecule has 8 heteroatoms. The van der Waals surface area contributed by atoms with Gasteiger partial charge in [0.25, 0.3) is 10.0 Å². The number of sulfonamides is 1. The lowest BCUT2D eigenvalue weighted by Gasteiger charge is -2.07. The summed E-state index contributed by atoms with van der Waals surface area (Å²) in [6, 6.07) is 5.25. The summed E-state index contributed by atoms with van der Waals surface area (Å²) in [5, 5.41) is 8.95. The van der Waals surface area contributed by atoms with Crippen molar-refractivity contribution in [3.8, 4) is 0 Å². The van der Waals surface area contributed by atoms with Gasteiger partial charge in [0.05, 0.1) is 5.69 Å². The first kappa shape index (κ1) is 15.5. The number of aryl methyl sites for hydroxylation is 2. The third-order valence-electron chi connectivity index (χ3n) is 2.78. The number of carboxylic acid groups (broad SMARTS) is 1. The minimum absolute atomic E-state index is 0.0366. The number of anilines is 1. The van der Waals surface area contributed by atoms with Crippen molar-refractivity contribution in [3.05, 3.63) is 46.1 Å². The maximum atomic E-state index is 13.4. The smallest absolute Gasteiger partial charge is 0.346 e. The molecule has 0 aliphatic carbocycles. The Morgan fingerprint density at radius 1 is 1.24 bits per heavy atom. The summed E-state index contributed by atoms with van der Waals surface area (Å²) in [7, 11) is -3.94. The van der Waals surface area contributed by atoms with Crippen molar-refractivity contribution in [2.75, 3.05) is 4.72 Å². The van der Waals surface area contributed by atoms with E-state index in [0.717, 1.165) is 6.07 Å². The van der Waals surface area contributed by atoms with E-state index in [1.54, 1.807) is 6.92 Å². The van der Waals surface area contributed by atoms with Crippen molar-refractivity contribution in [1.82, 2.24) is 0 Å².